The zero-order valence-corrected chi connectivity index (χ0v) is 11.8. The Morgan fingerprint density at radius 2 is 1.75 bits per heavy atom. The van der Waals surface area contributed by atoms with Gasteiger partial charge in [0.2, 0.25) is 0 Å². The van der Waals surface area contributed by atoms with Gasteiger partial charge >= 0.3 is 0 Å². The average molecular weight is 264 g/mol. The van der Waals surface area contributed by atoms with Crippen LogP contribution in [0.25, 0.3) is 21.9 Å². The number of ketones is 1. The Hall–Kier alpha value is -2.42. The second kappa shape index (κ2) is 4.60. The van der Waals surface area contributed by atoms with Crippen LogP contribution in [0, 0.1) is 6.92 Å². The molecule has 0 fully saturated rings. The Kier molecular flexibility index (Phi) is 2.90. The molecule has 3 heteroatoms. The molecular formula is C17H16N2O. The first-order chi connectivity index (χ1) is 9.59. The van der Waals surface area contributed by atoms with E-state index in [-0.39, 0.29) is 5.78 Å². The lowest BCUT2D eigenvalue weighted by Gasteiger charge is -2.09. The van der Waals surface area contributed by atoms with Crippen molar-refractivity contribution in [2.45, 2.75) is 13.8 Å². The van der Waals surface area contributed by atoms with Crippen LogP contribution in [0.1, 0.15) is 23.0 Å². The number of hydrogen-bond donors (Lipinski definition) is 0. The standard InChI is InChI=1S/C17H16N2O/c1-11-8-9-15(14-7-5-4-6-13(11)14)16-10-18-19(3)17(16)12(2)20/h4-10H,1-3H3. The topological polar surface area (TPSA) is 34.9 Å². The van der Waals surface area contributed by atoms with E-state index in [1.807, 2.05) is 12.1 Å². The third-order valence-electron chi connectivity index (χ3n) is 3.70. The summed E-state index contributed by atoms with van der Waals surface area (Å²) in [5, 5.41) is 6.61. The fourth-order valence-electron chi connectivity index (χ4n) is 2.74. The van der Waals surface area contributed by atoms with Crippen molar-refractivity contribution in [1.82, 2.24) is 9.78 Å². The largest absolute Gasteiger partial charge is 0.293 e. The number of aromatic nitrogens is 2. The number of aryl methyl sites for hydroxylation is 2. The minimum atomic E-state index is 0.0321. The number of carbonyl (C=O) groups excluding carboxylic acids is 1. The molecule has 0 unspecified atom stereocenters. The quantitative estimate of drug-likeness (QED) is 0.661. The second-order valence-corrected chi connectivity index (χ2v) is 5.06. The number of fused-ring (bicyclic) bond motifs is 1. The van der Waals surface area contributed by atoms with Crippen molar-refractivity contribution in [2.75, 3.05) is 0 Å². The fourth-order valence-corrected chi connectivity index (χ4v) is 2.74. The number of nitrogens with zero attached hydrogens (tertiary/aromatic N) is 2. The minimum Gasteiger partial charge on any atom is -0.293 e. The highest BCUT2D eigenvalue weighted by molar-refractivity contribution is 6.05. The van der Waals surface area contributed by atoms with Crippen LogP contribution in [0.5, 0.6) is 0 Å². The molecular weight excluding hydrogens is 248 g/mol. The van der Waals surface area contributed by atoms with E-state index in [0.29, 0.717) is 5.69 Å². The molecule has 0 spiro atoms. The second-order valence-electron chi connectivity index (χ2n) is 5.06. The van der Waals surface area contributed by atoms with Crippen molar-refractivity contribution in [1.29, 1.82) is 0 Å². The normalized spacial score (nSPS) is 10.9. The third kappa shape index (κ3) is 1.83. The van der Waals surface area contributed by atoms with Gasteiger partial charge in [-0.15, -0.1) is 0 Å². The van der Waals surface area contributed by atoms with Crippen LogP contribution in [0.15, 0.2) is 42.6 Å². The molecule has 2 aromatic carbocycles. The van der Waals surface area contributed by atoms with Gasteiger partial charge < -0.3 is 0 Å². The van der Waals surface area contributed by atoms with Gasteiger partial charge in [0.15, 0.2) is 5.78 Å². The summed E-state index contributed by atoms with van der Waals surface area (Å²) in [4.78, 5) is 11.9. The van der Waals surface area contributed by atoms with Gasteiger partial charge in [0.1, 0.15) is 5.69 Å². The van der Waals surface area contributed by atoms with Crippen LogP contribution < -0.4 is 0 Å². The lowest BCUT2D eigenvalue weighted by atomic mass is 9.95. The molecule has 3 rings (SSSR count). The highest BCUT2D eigenvalue weighted by Crippen LogP contribution is 2.32. The first-order valence-corrected chi connectivity index (χ1v) is 6.61. The Labute approximate surface area is 117 Å². The summed E-state index contributed by atoms with van der Waals surface area (Å²) in [6, 6.07) is 12.4. The number of hydrogen-bond acceptors (Lipinski definition) is 2. The maximum Gasteiger partial charge on any atom is 0.178 e. The average Bonchev–Trinajstić information content (AvgIpc) is 2.81. The van der Waals surface area contributed by atoms with Crippen molar-refractivity contribution < 1.29 is 4.79 Å². The van der Waals surface area contributed by atoms with Crippen LogP contribution in [0.3, 0.4) is 0 Å². The summed E-state index contributed by atoms with van der Waals surface area (Å²) in [5.41, 5.74) is 3.84. The summed E-state index contributed by atoms with van der Waals surface area (Å²) >= 11 is 0. The van der Waals surface area contributed by atoms with Crippen LogP contribution in [0.2, 0.25) is 0 Å². The monoisotopic (exact) mass is 264 g/mol. The Morgan fingerprint density at radius 3 is 2.45 bits per heavy atom. The van der Waals surface area contributed by atoms with Crippen LogP contribution in [0.4, 0.5) is 0 Å². The number of rotatable bonds is 2. The summed E-state index contributed by atoms with van der Waals surface area (Å²) in [6.07, 6.45) is 1.77. The van der Waals surface area contributed by atoms with E-state index < -0.39 is 0 Å². The summed E-state index contributed by atoms with van der Waals surface area (Å²) < 4.78 is 1.65. The molecule has 0 aliphatic rings. The number of carbonyl (C=O) groups is 1. The Balaban J connectivity index is 2.37. The van der Waals surface area contributed by atoms with Gasteiger partial charge in [-0.3, -0.25) is 9.48 Å². The zero-order chi connectivity index (χ0) is 14.3. The minimum absolute atomic E-state index is 0.0321. The summed E-state index contributed by atoms with van der Waals surface area (Å²) in [5.74, 6) is 0.0321. The highest BCUT2D eigenvalue weighted by atomic mass is 16.1. The molecule has 1 aromatic heterocycles. The molecule has 0 aliphatic carbocycles. The van der Waals surface area contributed by atoms with Gasteiger partial charge in [0.05, 0.1) is 6.20 Å². The highest BCUT2D eigenvalue weighted by Gasteiger charge is 2.16. The van der Waals surface area contributed by atoms with E-state index in [9.17, 15) is 4.79 Å². The lowest BCUT2D eigenvalue weighted by molar-refractivity contribution is 0.100. The van der Waals surface area contributed by atoms with Gasteiger partial charge in [-0.1, -0.05) is 36.4 Å². The SMILES string of the molecule is CC(=O)c1c(-c2ccc(C)c3ccccc23)cnn1C. The summed E-state index contributed by atoms with van der Waals surface area (Å²) in [6.45, 7) is 3.68. The van der Waals surface area contributed by atoms with Crippen molar-refractivity contribution in [2.24, 2.45) is 7.05 Å². The first kappa shape index (κ1) is 12.6. The molecule has 0 bridgehead atoms. The Morgan fingerprint density at radius 1 is 1.05 bits per heavy atom. The van der Waals surface area contributed by atoms with Crippen molar-refractivity contribution in [3.05, 3.63) is 53.9 Å². The molecule has 0 amide bonds. The van der Waals surface area contributed by atoms with E-state index in [4.69, 9.17) is 0 Å². The van der Waals surface area contributed by atoms with Crippen molar-refractivity contribution in [3.63, 3.8) is 0 Å². The molecule has 0 N–H and O–H groups in total. The number of Topliss-reactive ketones (excluding diaryl/α,β-unsaturated/α-hetero) is 1. The molecule has 3 aromatic rings. The van der Waals surface area contributed by atoms with Gasteiger partial charge in [0, 0.05) is 19.5 Å². The van der Waals surface area contributed by atoms with E-state index in [0.717, 1.165) is 16.5 Å². The predicted molar refractivity (Wildman–Crippen MR) is 80.9 cm³/mol. The molecule has 100 valence electrons. The summed E-state index contributed by atoms with van der Waals surface area (Å²) in [7, 11) is 1.80. The maximum absolute atomic E-state index is 11.9. The molecule has 0 aliphatic heterocycles. The van der Waals surface area contributed by atoms with E-state index in [2.05, 4.69) is 36.3 Å². The molecule has 0 saturated carbocycles. The van der Waals surface area contributed by atoms with E-state index in [1.165, 1.54) is 10.9 Å². The molecule has 20 heavy (non-hydrogen) atoms. The van der Waals surface area contributed by atoms with E-state index >= 15 is 0 Å². The molecule has 1 heterocycles. The lowest BCUT2D eigenvalue weighted by Crippen LogP contribution is -2.04. The fraction of sp³-hybridized carbons (Fsp3) is 0.176. The van der Waals surface area contributed by atoms with E-state index in [1.54, 1.807) is 24.9 Å². The number of benzene rings is 2. The van der Waals surface area contributed by atoms with Crippen LogP contribution in [-0.2, 0) is 7.05 Å². The molecule has 0 radical (unpaired) electrons. The first-order valence-electron chi connectivity index (χ1n) is 6.61. The predicted octanol–water partition coefficient (Wildman–Crippen LogP) is 3.75. The smallest absolute Gasteiger partial charge is 0.178 e. The van der Waals surface area contributed by atoms with Gasteiger partial charge in [-0.2, -0.15) is 5.10 Å². The van der Waals surface area contributed by atoms with Crippen LogP contribution >= 0.6 is 0 Å². The molecule has 3 nitrogen and oxygen atoms in total. The third-order valence-corrected chi connectivity index (χ3v) is 3.70. The van der Waals surface area contributed by atoms with Gasteiger partial charge in [-0.25, -0.2) is 0 Å². The Bertz CT molecular complexity index is 815. The molecule has 0 saturated heterocycles. The maximum atomic E-state index is 11.9. The zero-order valence-electron chi connectivity index (χ0n) is 11.8. The van der Waals surface area contributed by atoms with Gasteiger partial charge in [0.25, 0.3) is 0 Å². The van der Waals surface area contributed by atoms with Crippen LogP contribution in [-0.4, -0.2) is 15.6 Å². The molecule has 0 atom stereocenters. The van der Waals surface area contributed by atoms with Crippen molar-refractivity contribution >= 4 is 16.6 Å². The van der Waals surface area contributed by atoms with Gasteiger partial charge in [-0.05, 0) is 28.8 Å². The van der Waals surface area contributed by atoms with Crippen molar-refractivity contribution in [3.8, 4) is 11.1 Å².